The van der Waals surface area contributed by atoms with Gasteiger partial charge in [0.2, 0.25) is 0 Å². The Balaban J connectivity index is 2.41. The van der Waals surface area contributed by atoms with Crippen molar-refractivity contribution in [1.82, 2.24) is 0 Å². The van der Waals surface area contributed by atoms with E-state index in [2.05, 4.69) is 10.3 Å². The van der Waals surface area contributed by atoms with Crippen LogP contribution in [0.4, 0.5) is 22.7 Å². The molecule has 1 amide bonds. The predicted molar refractivity (Wildman–Crippen MR) is 98.9 cm³/mol. The fraction of sp³-hybridized carbons (Fsp3) is 0.0714. The Kier molecular flexibility index (Phi) is 6.61. The van der Waals surface area contributed by atoms with Gasteiger partial charge in [0.05, 0.1) is 25.6 Å². The molecule has 0 radical (unpaired) electrons. The Labute approximate surface area is 166 Å². The van der Waals surface area contributed by atoms with Gasteiger partial charge in [-0.25, -0.2) is 0 Å². The van der Waals surface area contributed by atoms with E-state index in [1.165, 1.54) is 12.1 Å². The van der Waals surface area contributed by atoms with Crippen LogP contribution in [0.25, 0.3) is 0 Å². The Morgan fingerprint density at radius 1 is 1.00 bits per heavy atom. The first-order valence-corrected chi connectivity index (χ1v) is 8.22. The van der Waals surface area contributed by atoms with Gasteiger partial charge in [-0.3, -0.25) is 25.0 Å². The van der Waals surface area contributed by atoms with Crippen LogP contribution in [0.15, 0.2) is 46.7 Å². The highest BCUT2D eigenvalue weighted by Gasteiger charge is 2.20. The normalized spacial score (nSPS) is 10.8. The lowest BCUT2D eigenvalue weighted by molar-refractivity contribution is -0.385. The Morgan fingerprint density at radius 2 is 1.56 bits per heavy atom. The number of nitro benzene ring substituents is 2. The third-order valence-corrected chi connectivity index (χ3v) is 3.94. The summed E-state index contributed by atoms with van der Waals surface area (Å²) in [5.41, 5.74) is -0.467. The number of hydrogen-bond donors (Lipinski definition) is 0. The molecule has 0 aromatic heterocycles. The highest BCUT2D eigenvalue weighted by atomic mass is 35.5. The van der Waals surface area contributed by atoms with E-state index in [1.807, 2.05) is 0 Å². The molecule has 10 nitrogen and oxygen atoms in total. The van der Waals surface area contributed by atoms with Crippen LogP contribution in [0.1, 0.15) is 0 Å². The fourth-order valence-corrected chi connectivity index (χ4v) is 2.43. The van der Waals surface area contributed by atoms with Crippen molar-refractivity contribution in [3.63, 3.8) is 0 Å². The number of rotatable bonds is 6. The number of alkyl halides is 1. The molecule has 2 aromatic carbocycles. The number of non-ortho nitro benzene ring substituents is 2. The van der Waals surface area contributed by atoms with E-state index in [-0.39, 0.29) is 32.8 Å². The number of nitro groups is 2. The van der Waals surface area contributed by atoms with Gasteiger partial charge in [-0.1, -0.05) is 28.4 Å². The van der Waals surface area contributed by atoms with Crippen molar-refractivity contribution in [2.45, 2.75) is 0 Å². The van der Waals surface area contributed by atoms with Crippen LogP contribution in [0, 0.1) is 20.2 Å². The molecule has 0 fully saturated rings. The summed E-state index contributed by atoms with van der Waals surface area (Å²) in [5, 5.41) is 29.6. The van der Waals surface area contributed by atoms with Gasteiger partial charge in [0.1, 0.15) is 11.6 Å². The van der Waals surface area contributed by atoms with Gasteiger partial charge in [0, 0.05) is 24.3 Å². The summed E-state index contributed by atoms with van der Waals surface area (Å²) in [4.78, 5) is 32.3. The topological polar surface area (TPSA) is 131 Å². The number of halogens is 3. The first kappa shape index (κ1) is 20.5. The van der Waals surface area contributed by atoms with Crippen LogP contribution in [0.2, 0.25) is 10.0 Å². The number of amides is 1. The van der Waals surface area contributed by atoms with Gasteiger partial charge >= 0.3 is 0 Å². The van der Waals surface area contributed by atoms with Gasteiger partial charge in [0.15, 0.2) is 0 Å². The molecule has 13 heteroatoms. The Morgan fingerprint density at radius 3 is 2.04 bits per heavy atom. The molecule has 2 aromatic rings. The SMILES string of the molecule is O=C(CCl)N(N=Nc1ccc([N+](=O)[O-])cc1Cl)c1ccc([N+](=O)[O-])cc1Cl. The zero-order chi connectivity index (χ0) is 20.1. The zero-order valence-electron chi connectivity index (χ0n) is 13.1. The number of benzene rings is 2. The summed E-state index contributed by atoms with van der Waals surface area (Å²) in [7, 11) is 0. The third kappa shape index (κ3) is 4.88. The second kappa shape index (κ2) is 8.71. The average Bonchev–Trinajstić information content (AvgIpc) is 2.63. The average molecular weight is 433 g/mol. The minimum atomic E-state index is -0.714. The maximum Gasteiger partial charge on any atom is 0.271 e. The molecule has 0 unspecified atom stereocenters. The molecule has 0 bridgehead atoms. The molecular formula is C14H8Cl3N5O5. The van der Waals surface area contributed by atoms with Crippen molar-refractivity contribution < 1.29 is 14.6 Å². The highest BCUT2D eigenvalue weighted by Crippen LogP contribution is 2.33. The van der Waals surface area contributed by atoms with E-state index in [1.54, 1.807) is 0 Å². The lowest BCUT2D eigenvalue weighted by atomic mass is 10.2. The van der Waals surface area contributed by atoms with Gasteiger partial charge in [0.25, 0.3) is 17.3 Å². The second-order valence-corrected chi connectivity index (χ2v) is 5.90. The van der Waals surface area contributed by atoms with E-state index < -0.39 is 21.6 Å². The molecule has 0 saturated carbocycles. The van der Waals surface area contributed by atoms with Gasteiger partial charge in [-0.15, -0.1) is 16.7 Å². The standard InChI is InChI=1S/C14H8Cl3N5O5/c15-7-14(23)20(13-4-2-9(22(26)27)6-11(13)17)19-18-12-3-1-8(21(24)25)5-10(12)16/h1-6H,7H2. The molecule has 0 saturated heterocycles. The minimum Gasteiger partial charge on any atom is -0.271 e. The lowest BCUT2D eigenvalue weighted by Crippen LogP contribution is -2.26. The Bertz CT molecular complexity index is 953. The molecule has 0 heterocycles. The molecule has 0 atom stereocenters. The maximum atomic E-state index is 12.1. The molecule has 2 rings (SSSR count). The highest BCUT2D eigenvalue weighted by molar-refractivity contribution is 6.35. The summed E-state index contributed by atoms with van der Waals surface area (Å²) >= 11 is 17.5. The third-order valence-electron chi connectivity index (χ3n) is 3.10. The molecular weight excluding hydrogens is 425 g/mol. The molecule has 0 N–H and O–H groups in total. The molecule has 0 spiro atoms. The van der Waals surface area contributed by atoms with E-state index in [9.17, 15) is 25.0 Å². The van der Waals surface area contributed by atoms with Crippen LogP contribution in [0.5, 0.6) is 0 Å². The molecule has 0 aliphatic rings. The summed E-state index contributed by atoms with van der Waals surface area (Å²) in [6.45, 7) is 0. The number of nitrogens with zero attached hydrogens (tertiary/aromatic N) is 5. The van der Waals surface area contributed by atoms with E-state index in [0.29, 0.717) is 0 Å². The number of hydrogen-bond acceptors (Lipinski definition) is 7. The summed E-state index contributed by atoms with van der Waals surface area (Å²) in [5.74, 6) is -1.19. The van der Waals surface area contributed by atoms with Crippen molar-refractivity contribution in [3.8, 4) is 0 Å². The number of carbonyl (C=O) groups is 1. The van der Waals surface area contributed by atoms with E-state index in [4.69, 9.17) is 34.8 Å². The molecule has 0 aliphatic heterocycles. The Hall–Kier alpha value is -2.82. The zero-order valence-corrected chi connectivity index (χ0v) is 15.4. The van der Waals surface area contributed by atoms with Crippen molar-refractivity contribution in [3.05, 3.63) is 66.7 Å². The van der Waals surface area contributed by atoms with E-state index >= 15 is 0 Å². The summed E-state index contributed by atoms with van der Waals surface area (Å²) in [6, 6.07) is 6.85. The van der Waals surface area contributed by atoms with Gasteiger partial charge in [-0.2, -0.15) is 5.01 Å². The molecule has 0 aliphatic carbocycles. The smallest absolute Gasteiger partial charge is 0.271 e. The van der Waals surface area contributed by atoms with Gasteiger partial charge in [-0.05, 0) is 12.1 Å². The van der Waals surface area contributed by atoms with Crippen LogP contribution in [-0.4, -0.2) is 21.6 Å². The lowest BCUT2D eigenvalue weighted by Gasteiger charge is -2.15. The van der Waals surface area contributed by atoms with Crippen molar-refractivity contribution in [2.24, 2.45) is 10.3 Å². The van der Waals surface area contributed by atoms with Gasteiger partial charge < -0.3 is 0 Å². The van der Waals surface area contributed by atoms with Crippen molar-refractivity contribution in [1.29, 1.82) is 0 Å². The maximum absolute atomic E-state index is 12.1. The fourth-order valence-electron chi connectivity index (χ4n) is 1.85. The number of carbonyl (C=O) groups excluding carboxylic acids is 1. The first-order chi connectivity index (χ1) is 12.7. The number of anilines is 1. The molecule has 27 heavy (non-hydrogen) atoms. The van der Waals surface area contributed by atoms with Crippen LogP contribution >= 0.6 is 34.8 Å². The minimum absolute atomic E-state index is 0.00898. The van der Waals surface area contributed by atoms with Crippen LogP contribution in [-0.2, 0) is 4.79 Å². The second-order valence-electron chi connectivity index (χ2n) is 4.81. The summed E-state index contributed by atoms with van der Waals surface area (Å²) < 4.78 is 0. The molecule has 140 valence electrons. The van der Waals surface area contributed by atoms with Crippen LogP contribution < -0.4 is 5.01 Å². The first-order valence-electron chi connectivity index (χ1n) is 6.93. The monoisotopic (exact) mass is 431 g/mol. The van der Waals surface area contributed by atoms with Crippen LogP contribution in [0.3, 0.4) is 0 Å². The quantitative estimate of drug-likeness (QED) is 0.272. The predicted octanol–water partition coefficient (Wildman–Crippen LogP) is 5.08. The van der Waals surface area contributed by atoms with E-state index in [0.717, 1.165) is 29.3 Å². The van der Waals surface area contributed by atoms with Crippen molar-refractivity contribution in [2.75, 3.05) is 10.9 Å². The van der Waals surface area contributed by atoms with Crippen molar-refractivity contribution >= 4 is 63.5 Å². The summed E-state index contributed by atoms with van der Waals surface area (Å²) in [6.07, 6.45) is 0. The largest absolute Gasteiger partial charge is 0.271 e.